The van der Waals surface area contributed by atoms with Gasteiger partial charge in [0.25, 0.3) is 0 Å². The summed E-state index contributed by atoms with van der Waals surface area (Å²) in [6.07, 6.45) is 3.58. The zero-order chi connectivity index (χ0) is 27.1. The maximum atomic E-state index is 8.49. The third-order valence-corrected chi connectivity index (χ3v) is 7.15. The molecule has 0 amide bonds. The summed E-state index contributed by atoms with van der Waals surface area (Å²) in [5.41, 5.74) is 7.12. The van der Waals surface area contributed by atoms with E-state index in [0.29, 0.717) is 17.5 Å². The van der Waals surface area contributed by atoms with Crippen molar-refractivity contribution in [1.82, 2.24) is 15.0 Å². The minimum Gasteiger partial charge on any atom is -0.299 e. The molecule has 5 heteroatoms. The summed E-state index contributed by atoms with van der Waals surface area (Å²) >= 11 is 0. The molecule has 0 radical (unpaired) electrons. The number of allylic oxidation sites excluding steroid dienone is 1. The van der Waals surface area contributed by atoms with Gasteiger partial charge in [-0.25, -0.2) is 15.0 Å². The lowest BCUT2D eigenvalue weighted by Gasteiger charge is -2.16. The van der Waals surface area contributed by atoms with Gasteiger partial charge in [0.2, 0.25) is 0 Å². The summed E-state index contributed by atoms with van der Waals surface area (Å²) in [6, 6.07) is 38.6. The fourth-order valence-electron chi connectivity index (χ4n) is 5.11. The molecule has 188 valence electrons. The quantitative estimate of drug-likeness (QED) is 0.250. The molecule has 6 aromatic rings. The van der Waals surface area contributed by atoms with Crippen LogP contribution in [0, 0.1) is 10.8 Å². The Morgan fingerprint density at radius 1 is 0.450 bits per heavy atom. The number of hydrogen-bond acceptors (Lipinski definition) is 5. The molecule has 0 spiro atoms. The maximum absolute atomic E-state index is 8.49. The van der Waals surface area contributed by atoms with Crippen LogP contribution in [0.1, 0.15) is 11.1 Å². The maximum Gasteiger partial charge on any atom is 0.164 e. The van der Waals surface area contributed by atoms with E-state index in [2.05, 4.69) is 30.3 Å². The molecular weight excluding hydrogens is 490 g/mol. The predicted octanol–water partition coefficient (Wildman–Crippen LogP) is 8.11. The molecule has 40 heavy (non-hydrogen) atoms. The number of aromatic nitrogens is 3. The summed E-state index contributed by atoms with van der Waals surface area (Å²) in [5, 5.41) is 18.5. The van der Waals surface area contributed by atoms with Crippen LogP contribution < -0.4 is 0 Å². The fraction of sp³-hybridized carbons (Fsp3) is 0. The first-order valence-corrected chi connectivity index (χ1v) is 13.0. The first-order valence-electron chi connectivity index (χ1n) is 13.0. The van der Waals surface area contributed by atoms with Crippen molar-refractivity contribution in [2.24, 2.45) is 0 Å². The van der Waals surface area contributed by atoms with Gasteiger partial charge in [-0.3, -0.25) is 10.8 Å². The highest BCUT2D eigenvalue weighted by molar-refractivity contribution is 6.53. The Balaban J connectivity index is 1.39. The molecule has 0 saturated carbocycles. The lowest BCUT2D eigenvalue weighted by atomic mass is 9.89. The molecule has 1 aliphatic carbocycles. The van der Waals surface area contributed by atoms with Crippen LogP contribution in [0.3, 0.4) is 0 Å². The summed E-state index contributed by atoms with van der Waals surface area (Å²) in [6.45, 7) is 0. The van der Waals surface area contributed by atoms with Crippen molar-refractivity contribution in [3.63, 3.8) is 0 Å². The minimum absolute atomic E-state index is 0.219. The van der Waals surface area contributed by atoms with Crippen molar-refractivity contribution >= 4 is 28.3 Å². The molecule has 5 nitrogen and oxygen atoms in total. The molecule has 5 aromatic carbocycles. The van der Waals surface area contributed by atoms with Crippen LogP contribution in [-0.4, -0.2) is 26.4 Å². The Bertz CT molecular complexity index is 1980. The molecule has 0 unspecified atom stereocenters. The number of nitrogens with zero attached hydrogens (tertiary/aromatic N) is 3. The third kappa shape index (κ3) is 4.20. The van der Waals surface area contributed by atoms with E-state index in [9.17, 15) is 0 Å². The summed E-state index contributed by atoms with van der Waals surface area (Å²) in [5.74, 6) is 1.79. The fourth-order valence-corrected chi connectivity index (χ4v) is 5.11. The molecule has 1 aliphatic rings. The molecule has 0 bridgehead atoms. The Labute approximate surface area is 231 Å². The second-order valence-corrected chi connectivity index (χ2v) is 9.71. The average Bonchev–Trinajstić information content (AvgIpc) is 3.03. The van der Waals surface area contributed by atoms with Crippen molar-refractivity contribution in [3.8, 4) is 45.3 Å². The minimum atomic E-state index is 0.219. The zero-order valence-corrected chi connectivity index (χ0v) is 21.5. The smallest absolute Gasteiger partial charge is 0.164 e. The predicted molar refractivity (Wildman–Crippen MR) is 163 cm³/mol. The monoisotopic (exact) mass is 513 g/mol. The van der Waals surface area contributed by atoms with Gasteiger partial charge in [-0.1, -0.05) is 109 Å². The van der Waals surface area contributed by atoms with E-state index in [4.69, 9.17) is 25.8 Å². The van der Waals surface area contributed by atoms with E-state index in [1.54, 1.807) is 6.08 Å². The van der Waals surface area contributed by atoms with Crippen molar-refractivity contribution in [2.45, 2.75) is 0 Å². The van der Waals surface area contributed by atoms with Gasteiger partial charge < -0.3 is 0 Å². The summed E-state index contributed by atoms with van der Waals surface area (Å²) in [7, 11) is 0. The highest BCUT2D eigenvalue weighted by Gasteiger charge is 2.19. The van der Waals surface area contributed by atoms with Crippen molar-refractivity contribution < 1.29 is 0 Å². The van der Waals surface area contributed by atoms with Gasteiger partial charge in [0, 0.05) is 22.3 Å². The highest BCUT2D eigenvalue weighted by atomic mass is 15.0. The number of nitrogens with one attached hydrogen (secondary N) is 2. The molecule has 1 heterocycles. The summed E-state index contributed by atoms with van der Waals surface area (Å²) < 4.78 is 0. The van der Waals surface area contributed by atoms with Gasteiger partial charge in [-0.2, -0.15) is 0 Å². The van der Waals surface area contributed by atoms with Gasteiger partial charge in [0.15, 0.2) is 17.5 Å². The molecule has 7 rings (SSSR count). The van der Waals surface area contributed by atoms with Crippen LogP contribution in [0.4, 0.5) is 0 Å². The van der Waals surface area contributed by atoms with E-state index in [1.165, 1.54) is 0 Å². The van der Waals surface area contributed by atoms with Crippen LogP contribution in [0.2, 0.25) is 0 Å². The average molecular weight is 514 g/mol. The lowest BCUT2D eigenvalue weighted by molar-refractivity contribution is 1.07. The van der Waals surface area contributed by atoms with E-state index >= 15 is 0 Å². The summed E-state index contributed by atoms with van der Waals surface area (Å²) in [4.78, 5) is 14.7. The second-order valence-electron chi connectivity index (χ2n) is 9.71. The SMILES string of the molecule is N=C1C=Cc2ccc3cc(-c4nc(-c5ccccc5)nc(-c5cccc(-c6ccccc6)c5)n4)ccc3c2C1=N. The van der Waals surface area contributed by atoms with Crippen LogP contribution in [0.25, 0.3) is 62.1 Å². The topological polar surface area (TPSA) is 86.4 Å². The van der Waals surface area contributed by atoms with E-state index in [1.807, 2.05) is 91.0 Å². The molecule has 0 fully saturated rings. The van der Waals surface area contributed by atoms with E-state index in [-0.39, 0.29) is 11.4 Å². The van der Waals surface area contributed by atoms with Crippen molar-refractivity contribution in [3.05, 3.63) is 132 Å². The van der Waals surface area contributed by atoms with Crippen molar-refractivity contribution in [2.75, 3.05) is 0 Å². The Morgan fingerprint density at radius 2 is 1.05 bits per heavy atom. The highest BCUT2D eigenvalue weighted by Crippen LogP contribution is 2.32. The molecule has 0 aliphatic heterocycles. The zero-order valence-electron chi connectivity index (χ0n) is 21.5. The van der Waals surface area contributed by atoms with Crippen LogP contribution in [0.15, 0.2) is 121 Å². The molecule has 2 N–H and O–H groups in total. The first kappa shape index (κ1) is 23.6. The van der Waals surface area contributed by atoms with Gasteiger partial charge >= 0.3 is 0 Å². The Kier molecular flexibility index (Phi) is 5.68. The Hall–Kier alpha value is -5.55. The molecule has 0 atom stereocenters. The Morgan fingerprint density at radius 3 is 1.77 bits per heavy atom. The second kappa shape index (κ2) is 9.64. The van der Waals surface area contributed by atoms with Gasteiger partial charge in [0.1, 0.15) is 0 Å². The number of rotatable bonds is 4. The van der Waals surface area contributed by atoms with Crippen LogP contribution in [-0.2, 0) is 0 Å². The molecule has 0 saturated heterocycles. The van der Waals surface area contributed by atoms with Crippen LogP contribution in [0.5, 0.6) is 0 Å². The van der Waals surface area contributed by atoms with Gasteiger partial charge in [0.05, 0.1) is 11.4 Å². The normalized spacial score (nSPS) is 12.5. The third-order valence-electron chi connectivity index (χ3n) is 7.15. The van der Waals surface area contributed by atoms with Crippen molar-refractivity contribution in [1.29, 1.82) is 10.8 Å². The standard InChI is InChI=1S/C35H23N5/c36-30-19-17-23-14-15-26-21-28(16-18-29(26)31(23)32(30)37)35-39-33(24-10-5-2-6-11-24)38-34(40-35)27-13-7-12-25(20-27)22-8-3-1-4-9-22/h1-21,36-37H. The van der Waals surface area contributed by atoms with E-state index < -0.39 is 0 Å². The first-order chi connectivity index (χ1) is 19.6. The largest absolute Gasteiger partial charge is 0.299 e. The lowest BCUT2D eigenvalue weighted by Crippen LogP contribution is -2.16. The van der Waals surface area contributed by atoms with Gasteiger partial charge in [-0.15, -0.1) is 0 Å². The number of hydrogen-bond donors (Lipinski definition) is 2. The molecule has 1 aromatic heterocycles. The number of fused-ring (bicyclic) bond motifs is 3. The molecular formula is C35H23N5. The van der Waals surface area contributed by atoms with Gasteiger partial charge in [-0.05, 0) is 45.7 Å². The van der Waals surface area contributed by atoms with Crippen LogP contribution >= 0.6 is 0 Å². The van der Waals surface area contributed by atoms with E-state index in [0.717, 1.165) is 49.7 Å². The number of benzene rings is 5.